The van der Waals surface area contributed by atoms with Crippen LogP contribution in [0.1, 0.15) is 44.9 Å². The number of hydrazine groups is 1. The van der Waals surface area contributed by atoms with Crippen molar-refractivity contribution in [1.29, 1.82) is 0 Å². The van der Waals surface area contributed by atoms with Crippen LogP contribution in [0.2, 0.25) is 0 Å². The Morgan fingerprint density at radius 1 is 1.24 bits per heavy atom. The summed E-state index contributed by atoms with van der Waals surface area (Å²) in [4.78, 5) is 20.0. The van der Waals surface area contributed by atoms with E-state index in [-0.39, 0.29) is 1.43 Å². The van der Waals surface area contributed by atoms with Crippen molar-refractivity contribution < 1.29 is 6.16 Å². The number of hydrogen-bond acceptors (Lipinski definition) is 11. The van der Waals surface area contributed by atoms with Crippen molar-refractivity contribution >= 4 is 23.4 Å². The van der Waals surface area contributed by atoms with Crippen LogP contribution in [0.4, 0.5) is 11.5 Å². The molecule has 11 nitrogen and oxygen atoms in total. The number of anilines is 1. The fourth-order valence-electron chi connectivity index (χ4n) is 5.05. The minimum absolute atomic E-state index is 0. The highest BCUT2D eigenvalue weighted by Gasteiger charge is 2.45. The number of aliphatic imine (C=N–C) groups is 1. The van der Waals surface area contributed by atoms with Crippen molar-refractivity contribution in [3.63, 3.8) is 0 Å². The van der Waals surface area contributed by atoms with E-state index in [1.807, 2.05) is 12.3 Å². The molecule has 4 heterocycles. The highest BCUT2D eigenvalue weighted by molar-refractivity contribution is 5.73. The van der Waals surface area contributed by atoms with Gasteiger partial charge in [0.15, 0.2) is 5.82 Å². The monoisotopic (exact) mass is 520 g/mol. The molecule has 0 amide bonds. The van der Waals surface area contributed by atoms with E-state index in [0.29, 0.717) is 36.5 Å². The standard InChI is InChI=1S/C27H38N10O.H2/c28-9-3-10-32-26-15-31-14-24(35-26)23(29)17-37(30)27(18-38-19-27)25-8-7-22(13-34-25)36-11-2-6-21(16-36)33-12-20-4-1-5-20;/h3,7-10,13-15,17,20-21,33H,1-2,4-6,11-12,16,18-19,28-30H2;1H/b9-3-,23-17-,32-10?;/t21-;/m1./s1. The van der Waals surface area contributed by atoms with E-state index in [0.717, 1.165) is 36.9 Å². The molecule has 1 aliphatic carbocycles. The molecule has 2 saturated heterocycles. The van der Waals surface area contributed by atoms with Gasteiger partial charge in [0.2, 0.25) is 0 Å². The normalized spacial score (nSPS) is 22.0. The van der Waals surface area contributed by atoms with Crippen LogP contribution in [0.25, 0.3) is 5.70 Å². The van der Waals surface area contributed by atoms with E-state index in [1.165, 1.54) is 44.5 Å². The molecule has 38 heavy (non-hydrogen) atoms. The Morgan fingerprint density at radius 2 is 2.11 bits per heavy atom. The summed E-state index contributed by atoms with van der Waals surface area (Å²) in [5.41, 5.74) is 13.9. The molecule has 5 rings (SSSR count). The SMILES string of the molecule is N/C=C\C=Nc1cncc(/C(N)=C/N(N)C2(c3ccc(N4CCC[C@@H](NCC5CCC5)C4)cn3)COC2)n1.[HH]. The first kappa shape index (κ1) is 26.1. The molecule has 0 spiro atoms. The second-order valence-electron chi connectivity index (χ2n) is 10.3. The van der Waals surface area contributed by atoms with E-state index < -0.39 is 5.54 Å². The topological polar surface area (TPSA) is 157 Å². The van der Waals surface area contributed by atoms with Crippen LogP contribution in [0.15, 0.2) is 54.2 Å². The Labute approximate surface area is 225 Å². The predicted molar refractivity (Wildman–Crippen MR) is 151 cm³/mol. The number of rotatable bonds is 10. The van der Waals surface area contributed by atoms with Gasteiger partial charge in [-0.2, -0.15) is 0 Å². The predicted octanol–water partition coefficient (Wildman–Crippen LogP) is 2.01. The van der Waals surface area contributed by atoms with Crippen LogP contribution in [0.5, 0.6) is 0 Å². The molecule has 1 saturated carbocycles. The Hall–Kier alpha value is -3.54. The molecule has 2 aliphatic heterocycles. The number of allylic oxidation sites excluding steroid dienone is 1. The van der Waals surface area contributed by atoms with Crippen molar-refractivity contribution in [2.45, 2.75) is 43.7 Å². The highest BCUT2D eigenvalue weighted by atomic mass is 16.5. The van der Waals surface area contributed by atoms with Gasteiger partial charge in [0.1, 0.15) is 11.2 Å². The summed E-state index contributed by atoms with van der Waals surface area (Å²) in [7, 11) is 0. The Kier molecular flexibility index (Phi) is 8.16. The number of pyridine rings is 1. The third-order valence-electron chi connectivity index (χ3n) is 7.71. The molecule has 0 radical (unpaired) electrons. The van der Waals surface area contributed by atoms with Crippen molar-refractivity contribution in [2.24, 2.45) is 28.2 Å². The number of nitrogens with zero attached hydrogens (tertiary/aromatic N) is 6. The van der Waals surface area contributed by atoms with Gasteiger partial charge in [-0.25, -0.2) is 15.8 Å². The molecule has 0 bridgehead atoms. The zero-order chi connectivity index (χ0) is 26.4. The molecular weight excluding hydrogens is 480 g/mol. The van der Waals surface area contributed by atoms with Gasteiger partial charge in [0, 0.05) is 33.0 Å². The van der Waals surface area contributed by atoms with Crippen molar-refractivity contribution in [1.82, 2.24) is 25.3 Å². The third-order valence-corrected chi connectivity index (χ3v) is 7.71. The summed E-state index contributed by atoms with van der Waals surface area (Å²) in [6.45, 7) is 4.04. The minimum atomic E-state index is -0.604. The average Bonchev–Trinajstić information content (AvgIpc) is 2.88. The summed E-state index contributed by atoms with van der Waals surface area (Å²) in [5.74, 6) is 7.82. The van der Waals surface area contributed by atoms with Gasteiger partial charge in [-0.05, 0) is 62.6 Å². The van der Waals surface area contributed by atoms with E-state index in [9.17, 15) is 0 Å². The summed E-state index contributed by atoms with van der Waals surface area (Å²) < 4.78 is 5.58. The maximum Gasteiger partial charge on any atom is 0.171 e. The number of hydrogen-bond donors (Lipinski definition) is 4. The molecule has 3 aliphatic rings. The second-order valence-corrected chi connectivity index (χ2v) is 10.3. The number of piperidine rings is 1. The van der Waals surface area contributed by atoms with Gasteiger partial charge in [-0.15, -0.1) is 0 Å². The van der Waals surface area contributed by atoms with Gasteiger partial charge < -0.3 is 26.4 Å². The largest absolute Gasteiger partial charge is 0.405 e. The lowest BCUT2D eigenvalue weighted by molar-refractivity contribution is -0.133. The van der Waals surface area contributed by atoms with Crippen LogP contribution in [0, 0.1) is 5.92 Å². The quantitative estimate of drug-likeness (QED) is 0.207. The van der Waals surface area contributed by atoms with E-state index in [2.05, 4.69) is 31.2 Å². The third kappa shape index (κ3) is 5.79. The maximum absolute atomic E-state index is 6.53. The van der Waals surface area contributed by atoms with Crippen LogP contribution < -0.4 is 27.5 Å². The average molecular weight is 521 g/mol. The molecule has 7 N–H and O–H groups in total. The Morgan fingerprint density at radius 3 is 2.79 bits per heavy atom. The van der Waals surface area contributed by atoms with E-state index in [1.54, 1.807) is 29.7 Å². The van der Waals surface area contributed by atoms with Crippen molar-refractivity contribution in [2.75, 3.05) is 37.7 Å². The molecule has 11 heteroatoms. The smallest absolute Gasteiger partial charge is 0.171 e. The van der Waals surface area contributed by atoms with Gasteiger partial charge in [0.25, 0.3) is 0 Å². The summed E-state index contributed by atoms with van der Waals surface area (Å²) in [6.07, 6.45) is 17.8. The fourth-order valence-corrected chi connectivity index (χ4v) is 5.05. The van der Waals surface area contributed by atoms with E-state index >= 15 is 0 Å². The Bertz CT molecular complexity index is 1160. The fraction of sp³-hybridized carbons (Fsp3) is 0.481. The van der Waals surface area contributed by atoms with Gasteiger partial charge in [-0.1, -0.05) is 6.42 Å². The van der Waals surface area contributed by atoms with Crippen LogP contribution in [-0.4, -0.2) is 65.1 Å². The maximum atomic E-state index is 6.53. The molecule has 1 atom stereocenters. The number of aromatic nitrogens is 3. The lowest BCUT2D eigenvalue weighted by Crippen LogP contribution is -2.60. The first-order chi connectivity index (χ1) is 18.6. The van der Waals surface area contributed by atoms with Crippen molar-refractivity contribution in [3.8, 4) is 0 Å². The number of nitrogens with two attached hydrogens (primary N) is 3. The second kappa shape index (κ2) is 11.9. The molecular formula is C27H40N10O. The summed E-state index contributed by atoms with van der Waals surface area (Å²) >= 11 is 0. The summed E-state index contributed by atoms with van der Waals surface area (Å²) in [5, 5.41) is 5.37. The van der Waals surface area contributed by atoms with Crippen LogP contribution in [-0.2, 0) is 10.3 Å². The van der Waals surface area contributed by atoms with Gasteiger partial charge in [0.05, 0.1) is 48.9 Å². The first-order valence-corrected chi connectivity index (χ1v) is 13.3. The minimum Gasteiger partial charge on any atom is -0.405 e. The van der Waals surface area contributed by atoms with Gasteiger partial charge in [-0.3, -0.25) is 15.0 Å². The first-order valence-electron chi connectivity index (χ1n) is 13.3. The molecule has 2 aromatic heterocycles. The van der Waals surface area contributed by atoms with Crippen molar-refractivity contribution in [3.05, 3.63) is 60.6 Å². The van der Waals surface area contributed by atoms with Crippen LogP contribution >= 0.6 is 0 Å². The highest BCUT2D eigenvalue weighted by Crippen LogP contribution is 2.35. The molecule has 3 fully saturated rings. The molecule has 0 unspecified atom stereocenters. The number of ether oxygens (including phenoxy) is 1. The molecule has 0 aromatic carbocycles. The number of nitrogens with one attached hydrogen (secondary N) is 1. The Balaban J connectivity index is 0.00000353. The van der Waals surface area contributed by atoms with Crippen LogP contribution in [0.3, 0.4) is 0 Å². The molecule has 2 aromatic rings. The zero-order valence-electron chi connectivity index (χ0n) is 21.7. The van der Waals surface area contributed by atoms with Gasteiger partial charge >= 0.3 is 0 Å². The summed E-state index contributed by atoms with van der Waals surface area (Å²) in [6, 6.07) is 4.72. The zero-order valence-corrected chi connectivity index (χ0v) is 21.7. The lowest BCUT2D eigenvalue weighted by Gasteiger charge is -2.46. The van der Waals surface area contributed by atoms with E-state index in [4.69, 9.17) is 27.0 Å². The molecule has 204 valence electrons. The lowest BCUT2D eigenvalue weighted by atomic mass is 9.85.